The Bertz CT molecular complexity index is 286. The molecule has 0 aromatic carbocycles. The average molecular weight is 224 g/mol. The third-order valence-electron chi connectivity index (χ3n) is 1.09. The molecule has 0 spiro atoms. The van der Waals surface area contributed by atoms with Crippen molar-refractivity contribution in [1.82, 2.24) is 4.90 Å². The summed E-state index contributed by atoms with van der Waals surface area (Å²) in [5.41, 5.74) is 0. The first-order valence-electron chi connectivity index (χ1n) is 3.55. The van der Waals surface area contributed by atoms with Crippen LogP contribution in [-0.2, 0) is 9.59 Å². The molecule has 1 aliphatic rings. The number of alkyl halides is 3. The van der Waals surface area contributed by atoms with Crippen LogP contribution in [0.5, 0.6) is 0 Å². The zero-order chi connectivity index (χ0) is 11.9. The van der Waals surface area contributed by atoms with Gasteiger partial charge in [-0.15, -0.1) is 0 Å². The van der Waals surface area contributed by atoms with Gasteiger partial charge in [0, 0.05) is 12.4 Å². The summed E-state index contributed by atoms with van der Waals surface area (Å²) in [6.45, 7) is 0.458. The fraction of sp³-hybridized carbons (Fsp3) is 0.286. The number of hydrogen-bond donors (Lipinski definition) is 1. The second kappa shape index (κ2) is 5.78. The van der Waals surface area contributed by atoms with E-state index in [2.05, 4.69) is 4.99 Å². The first-order valence-corrected chi connectivity index (χ1v) is 3.55. The number of allylic oxidation sites excluding steroid dienone is 1. The standard InChI is InChI=1S/C5H6N2O.C2HF3O2/c8-5-7-3-1-2-6-4-7;3-2(4,5)1(6)7/h1-3,5H,4H2;(H,6,7). The van der Waals surface area contributed by atoms with Crippen LogP contribution in [0.3, 0.4) is 0 Å². The molecular formula is C7H7F3N2O3. The zero-order valence-electron chi connectivity index (χ0n) is 7.31. The third-order valence-corrected chi connectivity index (χ3v) is 1.09. The summed E-state index contributed by atoms with van der Waals surface area (Å²) in [6.07, 6.45) is 0.727. The number of halogens is 3. The van der Waals surface area contributed by atoms with Gasteiger partial charge >= 0.3 is 12.1 Å². The van der Waals surface area contributed by atoms with E-state index in [4.69, 9.17) is 9.90 Å². The molecule has 0 aromatic rings. The Labute approximate surface area is 82.5 Å². The van der Waals surface area contributed by atoms with Gasteiger partial charge in [-0.25, -0.2) is 4.79 Å². The van der Waals surface area contributed by atoms with E-state index >= 15 is 0 Å². The minimum atomic E-state index is -5.08. The highest BCUT2D eigenvalue weighted by atomic mass is 19.4. The van der Waals surface area contributed by atoms with Crippen LogP contribution in [0, 0.1) is 0 Å². The first-order chi connectivity index (χ1) is 6.88. The van der Waals surface area contributed by atoms with Crippen molar-refractivity contribution >= 4 is 18.6 Å². The zero-order valence-corrected chi connectivity index (χ0v) is 7.31. The molecule has 0 unspecified atom stereocenters. The maximum Gasteiger partial charge on any atom is 0.490 e. The van der Waals surface area contributed by atoms with Gasteiger partial charge in [0.2, 0.25) is 6.41 Å². The van der Waals surface area contributed by atoms with Crippen molar-refractivity contribution < 1.29 is 27.9 Å². The lowest BCUT2D eigenvalue weighted by molar-refractivity contribution is -0.192. The summed E-state index contributed by atoms with van der Waals surface area (Å²) < 4.78 is 31.7. The number of aliphatic carboxylic acids is 1. The summed E-state index contributed by atoms with van der Waals surface area (Å²) in [5.74, 6) is -2.76. The number of carboxylic acids is 1. The summed E-state index contributed by atoms with van der Waals surface area (Å²) >= 11 is 0. The molecule has 1 aliphatic heterocycles. The number of carboxylic acid groups (broad SMARTS) is 1. The lowest BCUT2D eigenvalue weighted by Gasteiger charge is -2.09. The van der Waals surface area contributed by atoms with Crippen LogP contribution >= 0.6 is 0 Å². The minimum absolute atomic E-state index is 0.458. The van der Waals surface area contributed by atoms with Gasteiger partial charge in [-0.1, -0.05) is 0 Å². The van der Waals surface area contributed by atoms with E-state index in [1.54, 1.807) is 18.5 Å². The van der Waals surface area contributed by atoms with Crippen LogP contribution in [0.1, 0.15) is 0 Å². The van der Waals surface area contributed by atoms with E-state index in [1.165, 1.54) is 4.90 Å². The van der Waals surface area contributed by atoms with E-state index < -0.39 is 12.1 Å². The van der Waals surface area contributed by atoms with Crippen molar-refractivity contribution in [2.75, 3.05) is 6.67 Å². The highest BCUT2D eigenvalue weighted by Crippen LogP contribution is 2.13. The number of amides is 1. The maximum absolute atomic E-state index is 10.6. The molecule has 8 heteroatoms. The van der Waals surface area contributed by atoms with E-state index in [0.717, 1.165) is 6.41 Å². The molecule has 84 valence electrons. The van der Waals surface area contributed by atoms with E-state index in [-0.39, 0.29) is 0 Å². The van der Waals surface area contributed by atoms with Gasteiger partial charge in [0.1, 0.15) is 6.67 Å². The monoisotopic (exact) mass is 224 g/mol. The van der Waals surface area contributed by atoms with Crippen LogP contribution in [0.2, 0.25) is 0 Å². The van der Waals surface area contributed by atoms with Gasteiger partial charge in [-0.05, 0) is 6.08 Å². The summed E-state index contributed by atoms with van der Waals surface area (Å²) in [4.78, 5) is 24.1. The van der Waals surface area contributed by atoms with E-state index in [9.17, 15) is 18.0 Å². The molecule has 1 heterocycles. The molecule has 5 nitrogen and oxygen atoms in total. The van der Waals surface area contributed by atoms with Gasteiger partial charge in [0.25, 0.3) is 0 Å². The highest BCUT2D eigenvalue weighted by Gasteiger charge is 2.38. The Morgan fingerprint density at radius 1 is 1.53 bits per heavy atom. The Balaban J connectivity index is 0.000000265. The average Bonchev–Trinajstić information content (AvgIpc) is 2.18. The van der Waals surface area contributed by atoms with Crippen molar-refractivity contribution in [2.24, 2.45) is 4.99 Å². The molecule has 0 radical (unpaired) electrons. The molecule has 0 fully saturated rings. The van der Waals surface area contributed by atoms with Crippen molar-refractivity contribution in [3.63, 3.8) is 0 Å². The number of rotatable bonds is 1. The van der Waals surface area contributed by atoms with Crippen LogP contribution in [-0.4, -0.2) is 41.4 Å². The van der Waals surface area contributed by atoms with Crippen LogP contribution in [0.25, 0.3) is 0 Å². The number of nitrogens with zero attached hydrogens (tertiary/aromatic N) is 2. The predicted octanol–water partition coefficient (Wildman–Crippen LogP) is 0.634. The quantitative estimate of drug-likeness (QED) is 0.664. The first kappa shape index (κ1) is 13.1. The van der Waals surface area contributed by atoms with Crippen LogP contribution in [0.15, 0.2) is 17.3 Å². The molecule has 15 heavy (non-hydrogen) atoms. The molecule has 0 aromatic heterocycles. The van der Waals surface area contributed by atoms with Crippen molar-refractivity contribution in [1.29, 1.82) is 0 Å². The summed E-state index contributed by atoms with van der Waals surface area (Å²) in [5, 5.41) is 7.12. The molecule has 0 aliphatic carbocycles. The van der Waals surface area contributed by atoms with Crippen molar-refractivity contribution in [3.8, 4) is 0 Å². The van der Waals surface area contributed by atoms with Gasteiger partial charge in [-0.3, -0.25) is 9.79 Å². The summed E-state index contributed by atoms with van der Waals surface area (Å²) in [7, 11) is 0. The van der Waals surface area contributed by atoms with Crippen LogP contribution in [0.4, 0.5) is 13.2 Å². The topological polar surface area (TPSA) is 70.0 Å². The molecule has 0 saturated carbocycles. The van der Waals surface area contributed by atoms with Gasteiger partial charge < -0.3 is 10.0 Å². The van der Waals surface area contributed by atoms with Gasteiger partial charge in [0.05, 0.1) is 0 Å². The normalized spacial score (nSPS) is 14.2. The second-order valence-electron chi connectivity index (χ2n) is 2.24. The number of carbonyl (C=O) groups is 2. The molecule has 0 atom stereocenters. The highest BCUT2D eigenvalue weighted by molar-refractivity contribution is 5.73. The molecule has 1 N–H and O–H groups in total. The Hall–Kier alpha value is -1.86. The third kappa shape index (κ3) is 6.24. The number of hydrogen-bond acceptors (Lipinski definition) is 3. The van der Waals surface area contributed by atoms with Gasteiger partial charge in [-0.2, -0.15) is 13.2 Å². The summed E-state index contributed by atoms with van der Waals surface area (Å²) in [6, 6.07) is 0. The fourth-order valence-electron chi connectivity index (χ4n) is 0.467. The van der Waals surface area contributed by atoms with E-state index in [1.807, 2.05) is 0 Å². The smallest absolute Gasteiger partial charge is 0.475 e. The molecule has 0 bridgehead atoms. The lowest BCUT2D eigenvalue weighted by atomic mass is 10.6. The maximum atomic E-state index is 10.6. The van der Waals surface area contributed by atoms with Gasteiger partial charge in [0.15, 0.2) is 0 Å². The molecule has 1 amide bonds. The van der Waals surface area contributed by atoms with E-state index in [0.29, 0.717) is 6.67 Å². The number of carbonyl (C=O) groups excluding carboxylic acids is 1. The van der Waals surface area contributed by atoms with Crippen molar-refractivity contribution in [2.45, 2.75) is 6.18 Å². The lowest BCUT2D eigenvalue weighted by Crippen LogP contribution is -2.21. The Morgan fingerprint density at radius 2 is 2.07 bits per heavy atom. The van der Waals surface area contributed by atoms with Crippen LogP contribution < -0.4 is 0 Å². The SMILES string of the molecule is O=C(O)C(F)(F)F.O=CN1C=CC=NC1. The molecule has 1 rings (SSSR count). The minimum Gasteiger partial charge on any atom is -0.475 e. The molecular weight excluding hydrogens is 217 g/mol. The second-order valence-corrected chi connectivity index (χ2v) is 2.24. The van der Waals surface area contributed by atoms with Crippen molar-refractivity contribution in [3.05, 3.63) is 12.3 Å². The Kier molecular flexibility index (Phi) is 5.07. The molecule has 0 saturated heterocycles. The number of aliphatic imine (C=N–C) groups is 1. The predicted molar refractivity (Wildman–Crippen MR) is 44.1 cm³/mol. The fourth-order valence-corrected chi connectivity index (χ4v) is 0.467. The largest absolute Gasteiger partial charge is 0.490 e. The Morgan fingerprint density at radius 3 is 2.27 bits per heavy atom.